The van der Waals surface area contributed by atoms with E-state index >= 15 is 0 Å². The molecule has 1 aromatic carbocycles. The van der Waals surface area contributed by atoms with Crippen LogP contribution in [0.5, 0.6) is 0 Å². The summed E-state index contributed by atoms with van der Waals surface area (Å²) >= 11 is 0. The van der Waals surface area contributed by atoms with Gasteiger partial charge in [0.15, 0.2) is 0 Å². The van der Waals surface area contributed by atoms with E-state index in [1.54, 1.807) is 0 Å². The second kappa shape index (κ2) is 7.26. The highest BCUT2D eigenvalue weighted by molar-refractivity contribution is 5.41. The van der Waals surface area contributed by atoms with Gasteiger partial charge in [0, 0.05) is 36.0 Å². The molecule has 2 atom stereocenters. The van der Waals surface area contributed by atoms with Gasteiger partial charge in [-0.2, -0.15) is 5.10 Å². The number of rotatable bonds is 5. The predicted octanol–water partition coefficient (Wildman–Crippen LogP) is 4.09. The number of pyridine rings is 1. The molecule has 0 spiro atoms. The van der Waals surface area contributed by atoms with Crippen LogP contribution in [-0.2, 0) is 6.54 Å². The highest BCUT2D eigenvalue weighted by Gasteiger charge is 2.25. The fourth-order valence-corrected chi connectivity index (χ4v) is 3.81. The molecular weight excluding hydrogens is 320 g/mol. The Morgan fingerprint density at radius 3 is 2.62 bits per heavy atom. The minimum Gasteiger partial charge on any atom is -0.305 e. The normalized spacial score (nSPS) is 19.2. The van der Waals surface area contributed by atoms with E-state index < -0.39 is 0 Å². The molecule has 4 heteroatoms. The summed E-state index contributed by atoms with van der Waals surface area (Å²) in [4.78, 5) is 4.38. The van der Waals surface area contributed by atoms with Crippen molar-refractivity contribution in [3.8, 4) is 5.69 Å². The van der Waals surface area contributed by atoms with Crippen molar-refractivity contribution in [2.24, 2.45) is 0 Å². The fraction of sp³-hybridized carbons (Fsp3) is 0.273. The summed E-state index contributed by atoms with van der Waals surface area (Å²) in [5, 5.41) is 8.39. The van der Waals surface area contributed by atoms with Crippen molar-refractivity contribution in [3.05, 3.63) is 89.5 Å². The van der Waals surface area contributed by atoms with Crippen LogP contribution in [0.3, 0.4) is 0 Å². The number of nitrogens with zero attached hydrogens (tertiary/aromatic N) is 3. The minimum atomic E-state index is 0.376. The van der Waals surface area contributed by atoms with Crippen molar-refractivity contribution in [2.45, 2.75) is 38.8 Å². The summed E-state index contributed by atoms with van der Waals surface area (Å²) in [6, 6.07) is 16.8. The van der Waals surface area contributed by atoms with Gasteiger partial charge >= 0.3 is 0 Å². The topological polar surface area (TPSA) is 42.7 Å². The van der Waals surface area contributed by atoms with E-state index in [1.807, 2.05) is 24.4 Å². The quantitative estimate of drug-likeness (QED) is 0.709. The lowest BCUT2D eigenvalue weighted by Gasteiger charge is -2.14. The molecule has 1 aliphatic rings. The molecule has 0 radical (unpaired) electrons. The van der Waals surface area contributed by atoms with Gasteiger partial charge < -0.3 is 5.32 Å². The van der Waals surface area contributed by atoms with Gasteiger partial charge in [-0.15, -0.1) is 0 Å². The van der Waals surface area contributed by atoms with Gasteiger partial charge in [0.05, 0.1) is 17.1 Å². The number of aromatic nitrogens is 3. The van der Waals surface area contributed by atoms with Gasteiger partial charge in [0.25, 0.3) is 0 Å². The molecule has 2 heterocycles. The van der Waals surface area contributed by atoms with Crippen molar-refractivity contribution in [1.29, 1.82) is 0 Å². The van der Waals surface area contributed by atoms with Crippen LogP contribution in [-0.4, -0.2) is 20.8 Å². The average molecular weight is 344 g/mol. The second-order valence-electron chi connectivity index (χ2n) is 6.87. The molecule has 132 valence electrons. The Morgan fingerprint density at radius 1 is 1.04 bits per heavy atom. The number of hydrogen-bond donors (Lipinski definition) is 1. The third kappa shape index (κ3) is 3.33. The second-order valence-corrected chi connectivity index (χ2v) is 6.87. The zero-order valence-electron chi connectivity index (χ0n) is 15.3. The molecule has 0 saturated carbocycles. The first-order chi connectivity index (χ1) is 12.7. The molecule has 0 amide bonds. The van der Waals surface area contributed by atoms with Gasteiger partial charge in [-0.3, -0.25) is 4.98 Å². The van der Waals surface area contributed by atoms with Crippen LogP contribution >= 0.6 is 0 Å². The van der Waals surface area contributed by atoms with Crippen molar-refractivity contribution >= 4 is 0 Å². The van der Waals surface area contributed by atoms with E-state index in [2.05, 4.69) is 71.3 Å². The van der Waals surface area contributed by atoms with Crippen LogP contribution in [0.4, 0.5) is 0 Å². The highest BCUT2D eigenvalue weighted by Crippen LogP contribution is 2.33. The van der Waals surface area contributed by atoms with E-state index in [1.165, 1.54) is 11.3 Å². The van der Waals surface area contributed by atoms with Crippen LogP contribution in [0.1, 0.15) is 35.0 Å². The first-order valence-electron chi connectivity index (χ1n) is 9.15. The molecule has 0 saturated heterocycles. The smallest absolute Gasteiger partial charge is 0.0648 e. The molecule has 0 bridgehead atoms. The fourth-order valence-electron chi connectivity index (χ4n) is 3.81. The van der Waals surface area contributed by atoms with Crippen LogP contribution in [0.2, 0.25) is 0 Å². The van der Waals surface area contributed by atoms with E-state index in [0.29, 0.717) is 12.0 Å². The summed E-state index contributed by atoms with van der Waals surface area (Å²) in [6.07, 6.45) is 7.51. The van der Waals surface area contributed by atoms with Crippen molar-refractivity contribution in [2.75, 3.05) is 0 Å². The largest absolute Gasteiger partial charge is 0.305 e. The summed E-state index contributed by atoms with van der Waals surface area (Å²) in [7, 11) is 0. The number of nitrogens with one attached hydrogen (secondary N) is 1. The summed E-state index contributed by atoms with van der Waals surface area (Å²) in [6.45, 7) is 5.08. The SMILES string of the molecule is Cc1nn(-c2ccccc2)c(C)c1C1C=CC(NCc2ccccn2)C1. The first-order valence-corrected chi connectivity index (χ1v) is 9.15. The third-order valence-electron chi connectivity index (χ3n) is 5.07. The molecular formula is C22H24N4. The lowest BCUT2D eigenvalue weighted by molar-refractivity contribution is 0.554. The van der Waals surface area contributed by atoms with E-state index in [4.69, 9.17) is 5.10 Å². The van der Waals surface area contributed by atoms with Gasteiger partial charge in [-0.25, -0.2) is 4.68 Å². The van der Waals surface area contributed by atoms with Gasteiger partial charge in [-0.05, 0) is 44.5 Å². The first kappa shape index (κ1) is 16.7. The molecule has 4 nitrogen and oxygen atoms in total. The van der Waals surface area contributed by atoms with Crippen molar-refractivity contribution in [3.63, 3.8) is 0 Å². The third-order valence-corrected chi connectivity index (χ3v) is 5.07. The maximum atomic E-state index is 4.80. The monoisotopic (exact) mass is 344 g/mol. The Morgan fingerprint density at radius 2 is 1.85 bits per heavy atom. The Balaban J connectivity index is 1.48. The lowest BCUT2D eigenvalue weighted by Crippen LogP contribution is -2.25. The number of benzene rings is 1. The van der Waals surface area contributed by atoms with Crippen LogP contribution in [0, 0.1) is 13.8 Å². The lowest BCUT2D eigenvalue weighted by atomic mass is 9.96. The summed E-state index contributed by atoms with van der Waals surface area (Å²) in [5.74, 6) is 0.411. The van der Waals surface area contributed by atoms with Gasteiger partial charge in [0.2, 0.25) is 0 Å². The van der Waals surface area contributed by atoms with Crippen molar-refractivity contribution in [1.82, 2.24) is 20.1 Å². The molecule has 2 aromatic heterocycles. The Labute approximate surface area is 154 Å². The Kier molecular flexibility index (Phi) is 4.67. The van der Waals surface area contributed by atoms with Crippen molar-refractivity contribution < 1.29 is 0 Å². The molecule has 1 N–H and O–H groups in total. The zero-order valence-corrected chi connectivity index (χ0v) is 15.3. The van der Waals surface area contributed by atoms with Crippen LogP contribution < -0.4 is 5.32 Å². The van der Waals surface area contributed by atoms with E-state index in [9.17, 15) is 0 Å². The molecule has 4 rings (SSSR count). The number of aryl methyl sites for hydroxylation is 1. The standard InChI is InChI=1S/C22H24N4/c1-16-22(17(2)26(25-16)21-9-4-3-5-10-21)18-11-12-19(14-18)24-15-20-8-6-7-13-23-20/h3-13,18-19,24H,14-15H2,1-2H3. The Hall–Kier alpha value is -2.72. The summed E-state index contributed by atoms with van der Waals surface area (Å²) in [5.41, 5.74) is 5.90. The molecule has 2 unspecified atom stereocenters. The van der Waals surface area contributed by atoms with Crippen LogP contribution in [0.15, 0.2) is 66.9 Å². The number of hydrogen-bond acceptors (Lipinski definition) is 3. The maximum Gasteiger partial charge on any atom is 0.0648 e. The van der Waals surface area contributed by atoms with Gasteiger partial charge in [0.1, 0.15) is 0 Å². The number of allylic oxidation sites excluding steroid dienone is 1. The average Bonchev–Trinajstić information content (AvgIpc) is 3.25. The predicted molar refractivity (Wildman–Crippen MR) is 104 cm³/mol. The molecule has 0 aliphatic heterocycles. The zero-order chi connectivity index (χ0) is 17.9. The van der Waals surface area contributed by atoms with E-state index in [-0.39, 0.29) is 0 Å². The van der Waals surface area contributed by atoms with Gasteiger partial charge in [-0.1, -0.05) is 36.4 Å². The molecule has 0 fully saturated rings. The van der Waals surface area contributed by atoms with Crippen LogP contribution in [0.25, 0.3) is 5.69 Å². The summed E-state index contributed by atoms with van der Waals surface area (Å²) < 4.78 is 2.06. The highest BCUT2D eigenvalue weighted by atomic mass is 15.3. The molecule has 3 aromatic rings. The minimum absolute atomic E-state index is 0.376. The molecule has 1 aliphatic carbocycles. The Bertz CT molecular complexity index is 897. The maximum absolute atomic E-state index is 4.80. The van der Waals surface area contributed by atoms with E-state index in [0.717, 1.165) is 30.0 Å². The molecule has 26 heavy (non-hydrogen) atoms. The number of para-hydroxylation sites is 1.